The van der Waals surface area contributed by atoms with Gasteiger partial charge in [0.25, 0.3) is 0 Å². The van der Waals surface area contributed by atoms with Gasteiger partial charge >= 0.3 is 0 Å². The van der Waals surface area contributed by atoms with Crippen LogP contribution in [0.4, 0.5) is 0 Å². The van der Waals surface area contributed by atoms with Gasteiger partial charge in [-0.2, -0.15) is 0 Å². The highest BCUT2D eigenvalue weighted by atomic mass is 35.5. The van der Waals surface area contributed by atoms with Crippen molar-refractivity contribution in [3.8, 4) is 0 Å². The van der Waals surface area contributed by atoms with Gasteiger partial charge in [0.1, 0.15) is 5.82 Å². The number of nitrogens with zero attached hydrogens (tertiary/aromatic N) is 2. The van der Waals surface area contributed by atoms with E-state index in [9.17, 15) is 0 Å². The van der Waals surface area contributed by atoms with E-state index in [-0.39, 0.29) is 6.61 Å². The molecule has 0 atom stereocenters. The van der Waals surface area contributed by atoms with E-state index in [1.54, 1.807) is 6.07 Å². The number of fused-ring (bicyclic) bond motifs is 1. The van der Waals surface area contributed by atoms with Crippen molar-refractivity contribution in [1.82, 2.24) is 9.97 Å². The van der Waals surface area contributed by atoms with Gasteiger partial charge in [0.05, 0.1) is 17.1 Å². The molecule has 15 heavy (non-hydrogen) atoms. The van der Waals surface area contributed by atoms with E-state index in [0.717, 1.165) is 16.6 Å². The Bertz CT molecular complexity index is 499. The minimum Gasteiger partial charge on any atom is -0.396 e. The van der Waals surface area contributed by atoms with Crippen LogP contribution >= 0.6 is 11.6 Å². The number of aliphatic hydroxyl groups is 1. The second-order valence-corrected chi connectivity index (χ2v) is 3.74. The van der Waals surface area contributed by atoms with Crippen LogP contribution in [-0.4, -0.2) is 21.7 Å². The standard InChI is InChI=1S/C11H11ClN2O/c1-7-8-3-2-4-9(12)11(8)14-10(13-7)5-6-15/h2-4,15H,5-6H2,1H3. The van der Waals surface area contributed by atoms with Crippen LogP contribution in [0.15, 0.2) is 18.2 Å². The third-order valence-electron chi connectivity index (χ3n) is 2.25. The van der Waals surface area contributed by atoms with Crippen LogP contribution in [0, 0.1) is 6.92 Å². The summed E-state index contributed by atoms with van der Waals surface area (Å²) in [5, 5.41) is 10.4. The molecular weight excluding hydrogens is 212 g/mol. The van der Waals surface area contributed by atoms with Crippen LogP contribution in [0.25, 0.3) is 10.9 Å². The molecule has 0 unspecified atom stereocenters. The fourth-order valence-electron chi connectivity index (χ4n) is 1.54. The van der Waals surface area contributed by atoms with Crippen molar-refractivity contribution >= 4 is 22.5 Å². The summed E-state index contributed by atoms with van der Waals surface area (Å²) < 4.78 is 0. The molecule has 0 fully saturated rings. The van der Waals surface area contributed by atoms with Gasteiger partial charge in [0, 0.05) is 17.5 Å². The monoisotopic (exact) mass is 222 g/mol. The molecule has 0 aliphatic heterocycles. The summed E-state index contributed by atoms with van der Waals surface area (Å²) in [6.45, 7) is 1.97. The number of aryl methyl sites for hydroxylation is 1. The van der Waals surface area contributed by atoms with Crippen molar-refractivity contribution in [3.05, 3.63) is 34.7 Å². The summed E-state index contributed by atoms with van der Waals surface area (Å²) in [4.78, 5) is 8.62. The van der Waals surface area contributed by atoms with Gasteiger partial charge in [0.15, 0.2) is 0 Å². The summed E-state index contributed by atoms with van der Waals surface area (Å²) in [5.41, 5.74) is 1.65. The summed E-state index contributed by atoms with van der Waals surface area (Å²) in [6.07, 6.45) is 0.460. The third kappa shape index (κ3) is 1.94. The SMILES string of the molecule is Cc1nc(CCO)nc2c(Cl)cccc12. The molecule has 0 spiro atoms. The molecular formula is C11H11ClN2O. The lowest BCUT2D eigenvalue weighted by Crippen LogP contribution is -2.01. The first-order chi connectivity index (χ1) is 7.22. The molecule has 0 amide bonds. The number of hydrogen-bond donors (Lipinski definition) is 1. The molecule has 0 saturated carbocycles. The van der Waals surface area contributed by atoms with Gasteiger partial charge in [-0.05, 0) is 13.0 Å². The van der Waals surface area contributed by atoms with Gasteiger partial charge in [-0.15, -0.1) is 0 Å². The van der Waals surface area contributed by atoms with E-state index in [1.165, 1.54) is 0 Å². The Morgan fingerprint density at radius 3 is 2.87 bits per heavy atom. The molecule has 1 aromatic carbocycles. The molecule has 0 aliphatic carbocycles. The molecule has 1 heterocycles. The lowest BCUT2D eigenvalue weighted by atomic mass is 10.2. The van der Waals surface area contributed by atoms with Crippen LogP contribution in [0.5, 0.6) is 0 Å². The highest BCUT2D eigenvalue weighted by molar-refractivity contribution is 6.35. The Morgan fingerprint density at radius 1 is 1.33 bits per heavy atom. The highest BCUT2D eigenvalue weighted by Crippen LogP contribution is 2.23. The Balaban J connectivity index is 2.68. The van der Waals surface area contributed by atoms with Gasteiger partial charge in [-0.1, -0.05) is 23.7 Å². The predicted octanol–water partition coefficient (Wildman–Crippen LogP) is 2.13. The molecule has 0 radical (unpaired) electrons. The van der Waals surface area contributed by atoms with Crippen LogP contribution in [0.3, 0.4) is 0 Å². The molecule has 0 aliphatic rings. The number of aliphatic hydroxyl groups excluding tert-OH is 1. The summed E-state index contributed by atoms with van der Waals surface area (Å²) in [7, 11) is 0. The zero-order valence-electron chi connectivity index (χ0n) is 8.37. The lowest BCUT2D eigenvalue weighted by molar-refractivity contribution is 0.296. The number of rotatable bonds is 2. The largest absolute Gasteiger partial charge is 0.396 e. The van der Waals surface area contributed by atoms with Gasteiger partial charge in [0.2, 0.25) is 0 Å². The lowest BCUT2D eigenvalue weighted by Gasteiger charge is -2.05. The molecule has 3 nitrogen and oxygen atoms in total. The number of halogens is 1. The van der Waals surface area contributed by atoms with E-state index >= 15 is 0 Å². The van der Waals surface area contributed by atoms with E-state index in [2.05, 4.69) is 9.97 Å². The summed E-state index contributed by atoms with van der Waals surface area (Å²) in [5.74, 6) is 0.635. The first kappa shape index (κ1) is 10.3. The number of aromatic nitrogens is 2. The molecule has 2 aromatic rings. The fourth-order valence-corrected chi connectivity index (χ4v) is 1.76. The van der Waals surface area contributed by atoms with E-state index < -0.39 is 0 Å². The topological polar surface area (TPSA) is 46.0 Å². The average Bonchev–Trinajstić information content (AvgIpc) is 2.20. The highest BCUT2D eigenvalue weighted by Gasteiger charge is 2.06. The smallest absolute Gasteiger partial charge is 0.131 e. The first-order valence-electron chi connectivity index (χ1n) is 4.75. The van der Waals surface area contributed by atoms with E-state index in [0.29, 0.717) is 17.3 Å². The van der Waals surface area contributed by atoms with E-state index in [1.807, 2.05) is 19.1 Å². The molecule has 1 N–H and O–H groups in total. The molecule has 0 saturated heterocycles. The Labute approximate surface area is 92.7 Å². The Morgan fingerprint density at radius 2 is 2.13 bits per heavy atom. The molecule has 78 valence electrons. The second kappa shape index (κ2) is 4.13. The van der Waals surface area contributed by atoms with Gasteiger partial charge in [-0.3, -0.25) is 0 Å². The molecule has 1 aromatic heterocycles. The van der Waals surface area contributed by atoms with E-state index in [4.69, 9.17) is 16.7 Å². The van der Waals surface area contributed by atoms with Crippen molar-refractivity contribution in [3.63, 3.8) is 0 Å². The maximum Gasteiger partial charge on any atom is 0.131 e. The number of para-hydroxylation sites is 1. The van der Waals surface area contributed by atoms with Crippen LogP contribution in [0.2, 0.25) is 5.02 Å². The van der Waals surface area contributed by atoms with Crippen molar-refractivity contribution in [2.45, 2.75) is 13.3 Å². The van der Waals surface area contributed by atoms with Crippen LogP contribution in [0.1, 0.15) is 11.5 Å². The van der Waals surface area contributed by atoms with Crippen molar-refractivity contribution in [2.75, 3.05) is 6.61 Å². The number of benzene rings is 1. The maximum atomic E-state index is 8.84. The van der Waals surface area contributed by atoms with Crippen molar-refractivity contribution in [1.29, 1.82) is 0 Å². The normalized spacial score (nSPS) is 10.9. The fraction of sp³-hybridized carbons (Fsp3) is 0.273. The number of hydrogen-bond acceptors (Lipinski definition) is 3. The molecule has 0 bridgehead atoms. The average molecular weight is 223 g/mol. The third-order valence-corrected chi connectivity index (χ3v) is 2.55. The van der Waals surface area contributed by atoms with Crippen molar-refractivity contribution in [2.24, 2.45) is 0 Å². The molecule has 4 heteroatoms. The first-order valence-corrected chi connectivity index (χ1v) is 5.13. The van der Waals surface area contributed by atoms with Crippen LogP contribution in [-0.2, 0) is 6.42 Å². The zero-order chi connectivity index (χ0) is 10.8. The minimum absolute atomic E-state index is 0.0510. The summed E-state index contributed by atoms with van der Waals surface area (Å²) >= 11 is 6.05. The van der Waals surface area contributed by atoms with Crippen molar-refractivity contribution < 1.29 is 5.11 Å². The van der Waals surface area contributed by atoms with Gasteiger partial charge in [-0.25, -0.2) is 9.97 Å². The quantitative estimate of drug-likeness (QED) is 0.847. The van der Waals surface area contributed by atoms with Crippen LogP contribution < -0.4 is 0 Å². The predicted molar refractivity (Wildman–Crippen MR) is 60.1 cm³/mol. The summed E-state index contributed by atoms with van der Waals surface area (Å²) in [6, 6.07) is 5.63. The Kier molecular flexibility index (Phi) is 2.84. The minimum atomic E-state index is 0.0510. The Hall–Kier alpha value is -1.19. The zero-order valence-corrected chi connectivity index (χ0v) is 9.12. The van der Waals surface area contributed by atoms with Gasteiger partial charge < -0.3 is 5.11 Å². The maximum absolute atomic E-state index is 8.84. The molecule has 2 rings (SSSR count). The second-order valence-electron chi connectivity index (χ2n) is 3.33.